The zero-order chi connectivity index (χ0) is 17.0. The summed E-state index contributed by atoms with van der Waals surface area (Å²) in [5.41, 5.74) is 8.88. The molecule has 6 nitrogen and oxygen atoms in total. The lowest BCUT2D eigenvalue weighted by atomic mass is 10.1. The Morgan fingerprint density at radius 2 is 1.96 bits per heavy atom. The fourth-order valence-corrected chi connectivity index (χ4v) is 2.58. The minimum atomic E-state index is -0.291. The second-order valence-electron chi connectivity index (χ2n) is 5.78. The van der Waals surface area contributed by atoms with Gasteiger partial charge in [0.05, 0.1) is 11.8 Å². The van der Waals surface area contributed by atoms with Gasteiger partial charge in [0.25, 0.3) is 5.22 Å². The molecular formula is C16H22N4O2S. The summed E-state index contributed by atoms with van der Waals surface area (Å²) in [6.07, 6.45) is 0. The van der Waals surface area contributed by atoms with Crippen molar-refractivity contribution < 1.29 is 9.21 Å². The second-order valence-corrected chi connectivity index (χ2v) is 6.71. The summed E-state index contributed by atoms with van der Waals surface area (Å²) in [5, 5.41) is 11.1. The van der Waals surface area contributed by atoms with Crippen molar-refractivity contribution in [3.05, 3.63) is 35.2 Å². The van der Waals surface area contributed by atoms with Gasteiger partial charge in [-0.1, -0.05) is 43.8 Å². The Bertz CT molecular complexity index is 664. The van der Waals surface area contributed by atoms with E-state index >= 15 is 0 Å². The quantitative estimate of drug-likeness (QED) is 0.789. The fourth-order valence-electron chi connectivity index (χ4n) is 2.01. The summed E-state index contributed by atoms with van der Waals surface area (Å²) in [6, 6.07) is 5.61. The van der Waals surface area contributed by atoms with E-state index in [9.17, 15) is 4.79 Å². The van der Waals surface area contributed by atoms with Gasteiger partial charge in [0.1, 0.15) is 0 Å². The molecule has 124 valence electrons. The van der Waals surface area contributed by atoms with Crippen molar-refractivity contribution in [2.24, 2.45) is 11.7 Å². The monoisotopic (exact) mass is 334 g/mol. The van der Waals surface area contributed by atoms with Gasteiger partial charge in [-0.05, 0) is 30.9 Å². The van der Waals surface area contributed by atoms with Gasteiger partial charge in [0, 0.05) is 5.69 Å². The van der Waals surface area contributed by atoms with Gasteiger partial charge in [-0.15, -0.1) is 10.2 Å². The van der Waals surface area contributed by atoms with Crippen LogP contribution in [0.4, 0.5) is 5.69 Å². The van der Waals surface area contributed by atoms with Crippen molar-refractivity contribution in [3.8, 4) is 0 Å². The van der Waals surface area contributed by atoms with Crippen molar-refractivity contribution in [1.82, 2.24) is 10.2 Å². The summed E-state index contributed by atoms with van der Waals surface area (Å²) in [6.45, 7) is 7.90. The summed E-state index contributed by atoms with van der Waals surface area (Å²) in [7, 11) is 0. The Balaban J connectivity index is 1.92. The van der Waals surface area contributed by atoms with Gasteiger partial charge < -0.3 is 15.5 Å². The van der Waals surface area contributed by atoms with E-state index in [1.54, 1.807) is 0 Å². The van der Waals surface area contributed by atoms with Crippen molar-refractivity contribution in [2.75, 3.05) is 11.1 Å². The topological polar surface area (TPSA) is 94.0 Å². The number of nitrogens with one attached hydrogen (secondary N) is 1. The first-order chi connectivity index (χ1) is 10.9. The van der Waals surface area contributed by atoms with E-state index in [0.717, 1.165) is 16.8 Å². The smallest absolute Gasteiger partial charge is 0.277 e. The summed E-state index contributed by atoms with van der Waals surface area (Å²) < 4.78 is 5.49. The number of carbonyl (C=O) groups excluding carboxylic acids is 1. The molecule has 0 aliphatic heterocycles. The maximum absolute atomic E-state index is 12.1. The lowest BCUT2D eigenvalue weighted by molar-refractivity contribution is -0.113. The molecule has 1 atom stereocenters. The zero-order valence-electron chi connectivity index (χ0n) is 13.8. The van der Waals surface area contributed by atoms with E-state index in [4.69, 9.17) is 10.2 Å². The van der Waals surface area contributed by atoms with E-state index in [1.165, 1.54) is 11.8 Å². The molecule has 0 saturated carbocycles. The number of nitrogens with zero attached hydrogens (tertiary/aromatic N) is 2. The van der Waals surface area contributed by atoms with Crippen LogP contribution in [0.15, 0.2) is 27.8 Å². The number of amides is 1. The molecule has 0 radical (unpaired) electrons. The highest BCUT2D eigenvalue weighted by Gasteiger charge is 2.18. The van der Waals surface area contributed by atoms with E-state index < -0.39 is 0 Å². The normalized spacial score (nSPS) is 12.4. The average Bonchev–Trinajstić information content (AvgIpc) is 2.97. The third-order valence-electron chi connectivity index (χ3n) is 3.50. The molecule has 0 spiro atoms. The van der Waals surface area contributed by atoms with Crippen molar-refractivity contribution in [2.45, 2.75) is 39.0 Å². The number of aryl methyl sites for hydroxylation is 2. The predicted molar refractivity (Wildman–Crippen MR) is 91.3 cm³/mol. The van der Waals surface area contributed by atoms with Crippen molar-refractivity contribution in [3.63, 3.8) is 0 Å². The molecule has 1 unspecified atom stereocenters. The molecule has 0 saturated heterocycles. The van der Waals surface area contributed by atoms with E-state index in [2.05, 4.69) is 15.5 Å². The lowest BCUT2D eigenvalue weighted by Crippen LogP contribution is -2.17. The number of carbonyl (C=O) groups is 1. The Labute approximate surface area is 140 Å². The first-order valence-corrected chi connectivity index (χ1v) is 8.45. The molecule has 1 aromatic heterocycles. The Hall–Kier alpha value is -1.86. The molecular weight excluding hydrogens is 312 g/mol. The minimum Gasteiger partial charge on any atom is -0.414 e. The molecule has 1 heterocycles. The molecule has 1 aromatic carbocycles. The number of rotatable bonds is 6. The number of thioether (sulfide) groups is 1. The van der Waals surface area contributed by atoms with Gasteiger partial charge in [-0.25, -0.2) is 0 Å². The van der Waals surface area contributed by atoms with E-state index in [0.29, 0.717) is 11.1 Å². The zero-order valence-corrected chi connectivity index (χ0v) is 14.6. The van der Waals surface area contributed by atoms with Crippen LogP contribution in [0.2, 0.25) is 0 Å². The highest BCUT2D eigenvalue weighted by Crippen LogP contribution is 2.23. The van der Waals surface area contributed by atoms with Gasteiger partial charge in [-0.3, -0.25) is 4.79 Å². The van der Waals surface area contributed by atoms with Crippen LogP contribution in [-0.2, 0) is 4.79 Å². The highest BCUT2D eigenvalue weighted by molar-refractivity contribution is 7.99. The van der Waals surface area contributed by atoms with E-state index in [1.807, 2.05) is 45.9 Å². The molecule has 0 fully saturated rings. The summed E-state index contributed by atoms with van der Waals surface area (Å²) in [4.78, 5) is 12.1. The van der Waals surface area contributed by atoms with Gasteiger partial charge in [0.15, 0.2) is 0 Å². The largest absolute Gasteiger partial charge is 0.414 e. The predicted octanol–water partition coefficient (Wildman–Crippen LogP) is 3.07. The Kier molecular flexibility index (Phi) is 5.79. The van der Waals surface area contributed by atoms with Crippen molar-refractivity contribution in [1.29, 1.82) is 0 Å². The first kappa shape index (κ1) is 17.5. The SMILES string of the molecule is Cc1cccc(C)c1NC(=O)CSc1nnc(C(N)C(C)C)o1. The van der Waals surface area contributed by atoms with Crippen LogP contribution in [0.25, 0.3) is 0 Å². The molecule has 23 heavy (non-hydrogen) atoms. The fraction of sp³-hybridized carbons (Fsp3) is 0.438. The molecule has 0 aliphatic rings. The maximum atomic E-state index is 12.1. The Morgan fingerprint density at radius 3 is 2.57 bits per heavy atom. The molecule has 3 N–H and O–H groups in total. The molecule has 1 amide bonds. The van der Waals surface area contributed by atoms with E-state index in [-0.39, 0.29) is 23.6 Å². The summed E-state index contributed by atoms with van der Waals surface area (Å²) in [5.74, 6) is 0.699. The second kappa shape index (κ2) is 7.61. The van der Waals surface area contributed by atoms with Crippen LogP contribution in [-0.4, -0.2) is 21.9 Å². The first-order valence-electron chi connectivity index (χ1n) is 7.46. The van der Waals surface area contributed by atoms with Crippen molar-refractivity contribution >= 4 is 23.4 Å². The number of aromatic nitrogens is 2. The third-order valence-corrected chi connectivity index (χ3v) is 4.32. The van der Waals surface area contributed by atoms with Crippen LogP contribution in [0.5, 0.6) is 0 Å². The number of benzene rings is 1. The summed E-state index contributed by atoms with van der Waals surface area (Å²) >= 11 is 1.20. The molecule has 0 aliphatic carbocycles. The number of nitrogens with two attached hydrogens (primary N) is 1. The standard InChI is InChI=1S/C16H22N4O2S/c1-9(2)13(17)15-19-20-16(22-15)23-8-12(21)18-14-10(3)6-5-7-11(14)4/h5-7,9,13H,8,17H2,1-4H3,(H,18,21). The highest BCUT2D eigenvalue weighted by atomic mass is 32.2. The number of hydrogen-bond donors (Lipinski definition) is 2. The third kappa shape index (κ3) is 4.56. The average molecular weight is 334 g/mol. The molecule has 2 rings (SSSR count). The van der Waals surface area contributed by atoms with Crippen LogP contribution in [0.1, 0.15) is 36.9 Å². The van der Waals surface area contributed by atoms with Gasteiger partial charge in [-0.2, -0.15) is 0 Å². The Morgan fingerprint density at radius 1 is 1.30 bits per heavy atom. The number of para-hydroxylation sites is 1. The molecule has 0 bridgehead atoms. The van der Waals surface area contributed by atoms with Gasteiger partial charge in [0.2, 0.25) is 11.8 Å². The van der Waals surface area contributed by atoms with Gasteiger partial charge >= 0.3 is 0 Å². The lowest BCUT2D eigenvalue weighted by Gasteiger charge is -2.10. The molecule has 2 aromatic rings. The van der Waals surface area contributed by atoms with Crippen LogP contribution in [0, 0.1) is 19.8 Å². The van der Waals surface area contributed by atoms with Crippen LogP contribution >= 0.6 is 11.8 Å². The number of hydrogen-bond acceptors (Lipinski definition) is 6. The number of anilines is 1. The minimum absolute atomic E-state index is 0.111. The maximum Gasteiger partial charge on any atom is 0.277 e. The molecule has 7 heteroatoms. The van der Waals surface area contributed by atoms with Crippen LogP contribution in [0.3, 0.4) is 0 Å². The van der Waals surface area contributed by atoms with Crippen LogP contribution < -0.4 is 11.1 Å².